The maximum Gasteiger partial charge on any atom is 0.573 e. The second-order valence-corrected chi connectivity index (χ2v) is 9.34. The summed E-state index contributed by atoms with van der Waals surface area (Å²) in [5, 5.41) is 13.9. The molecule has 2 aromatic rings. The second-order valence-electron chi connectivity index (χ2n) is 9.34. The summed E-state index contributed by atoms with van der Waals surface area (Å²) < 4.78 is 41.3. The van der Waals surface area contributed by atoms with E-state index < -0.39 is 6.36 Å². The van der Waals surface area contributed by atoms with Crippen LogP contribution in [0.5, 0.6) is 5.75 Å². The third kappa shape index (κ3) is 8.35. The summed E-state index contributed by atoms with van der Waals surface area (Å²) >= 11 is 0. The predicted molar refractivity (Wildman–Crippen MR) is 139 cm³/mol. The largest absolute Gasteiger partial charge is 0.573 e. The SMILES string of the molecule is C=NC(=NCc1cccc(OC(F)(F)F)c1)N/C=C(\C)C(=O)N1CCN(CCN2CCc3n[nH]nc3C2)CC1. The highest BCUT2D eigenvalue weighted by Gasteiger charge is 2.31. The first-order valence-electron chi connectivity index (χ1n) is 12.6. The van der Waals surface area contributed by atoms with E-state index >= 15 is 0 Å². The Morgan fingerprint density at radius 2 is 1.90 bits per heavy atom. The number of aliphatic imine (C=N–C) groups is 2. The van der Waals surface area contributed by atoms with Gasteiger partial charge in [-0.2, -0.15) is 15.4 Å². The van der Waals surface area contributed by atoms with Crippen molar-refractivity contribution < 1.29 is 22.7 Å². The molecule has 1 amide bonds. The van der Waals surface area contributed by atoms with E-state index in [1.807, 2.05) is 4.90 Å². The Balaban J connectivity index is 1.21. The molecule has 2 aliphatic rings. The lowest BCUT2D eigenvalue weighted by Gasteiger charge is -2.36. The molecule has 4 rings (SSSR count). The highest BCUT2D eigenvalue weighted by Crippen LogP contribution is 2.23. The van der Waals surface area contributed by atoms with Crippen molar-refractivity contribution in [2.75, 3.05) is 45.8 Å². The summed E-state index contributed by atoms with van der Waals surface area (Å²) in [6.07, 6.45) is -2.35. The number of nitrogens with zero attached hydrogens (tertiary/aromatic N) is 7. The van der Waals surface area contributed by atoms with E-state index in [2.05, 4.69) is 52.0 Å². The molecular weight excluding hydrogens is 515 g/mol. The molecule has 1 aromatic carbocycles. The summed E-state index contributed by atoms with van der Waals surface area (Å²) in [7, 11) is 0. The number of carbonyl (C=O) groups is 1. The van der Waals surface area contributed by atoms with E-state index in [4.69, 9.17) is 0 Å². The number of ether oxygens (including phenoxy) is 1. The van der Waals surface area contributed by atoms with Crippen molar-refractivity contribution in [3.63, 3.8) is 0 Å². The number of guanidine groups is 1. The lowest BCUT2D eigenvalue weighted by molar-refractivity contribution is -0.274. The summed E-state index contributed by atoms with van der Waals surface area (Å²) in [5.41, 5.74) is 3.06. The van der Waals surface area contributed by atoms with E-state index in [1.54, 1.807) is 13.0 Å². The average molecular weight is 548 g/mol. The van der Waals surface area contributed by atoms with E-state index in [-0.39, 0.29) is 24.2 Å². The second kappa shape index (κ2) is 12.8. The summed E-state index contributed by atoms with van der Waals surface area (Å²) in [4.78, 5) is 27.5. The smallest absolute Gasteiger partial charge is 0.406 e. The van der Waals surface area contributed by atoms with Gasteiger partial charge in [0.05, 0.1) is 17.9 Å². The molecular formula is C25H32F3N9O2. The van der Waals surface area contributed by atoms with Crippen LogP contribution in [0.3, 0.4) is 0 Å². The molecule has 14 heteroatoms. The summed E-state index contributed by atoms with van der Waals surface area (Å²) in [6.45, 7) is 11.7. The molecule has 2 N–H and O–H groups in total. The van der Waals surface area contributed by atoms with Crippen LogP contribution in [0.15, 0.2) is 46.0 Å². The van der Waals surface area contributed by atoms with Gasteiger partial charge in [0, 0.05) is 70.6 Å². The zero-order chi connectivity index (χ0) is 27.8. The van der Waals surface area contributed by atoms with Crippen molar-refractivity contribution in [2.45, 2.75) is 32.8 Å². The highest BCUT2D eigenvalue weighted by molar-refractivity contribution is 5.94. The number of hydrogen-bond donors (Lipinski definition) is 2. The van der Waals surface area contributed by atoms with Crippen molar-refractivity contribution in [1.29, 1.82) is 0 Å². The van der Waals surface area contributed by atoms with E-state index in [0.717, 1.165) is 57.1 Å². The van der Waals surface area contributed by atoms with Gasteiger partial charge >= 0.3 is 6.36 Å². The molecule has 1 aromatic heterocycles. The van der Waals surface area contributed by atoms with Crippen molar-refractivity contribution >= 4 is 18.6 Å². The van der Waals surface area contributed by atoms with Crippen LogP contribution in [0.1, 0.15) is 23.9 Å². The van der Waals surface area contributed by atoms with Crippen molar-refractivity contribution in [3.8, 4) is 5.75 Å². The number of piperazine rings is 1. The number of carbonyl (C=O) groups excluding carboxylic acids is 1. The first-order chi connectivity index (χ1) is 18.7. The number of nitrogens with one attached hydrogen (secondary N) is 2. The van der Waals surface area contributed by atoms with E-state index in [9.17, 15) is 18.0 Å². The van der Waals surface area contributed by atoms with Crippen LogP contribution in [0.25, 0.3) is 0 Å². The topological polar surface area (TPSA) is 114 Å². The quantitative estimate of drug-likeness (QED) is 0.295. The number of hydrogen-bond acceptors (Lipinski definition) is 7. The molecule has 0 unspecified atom stereocenters. The number of halogens is 3. The van der Waals surface area contributed by atoms with Crippen LogP contribution in [0.2, 0.25) is 0 Å². The minimum Gasteiger partial charge on any atom is -0.406 e. The van der Waals surface area contributed by atoms with Crippen LogP contribution in [0.4, 0.5) is 13.2 Å². The molecule has 2 aliphatic heterocycles. The molecule has 1 saturated heterocycles. The monoisotopic (exact) mass is 547 g/mol. The molecule has 39 heavy (non-hydrogen) atoms. The molecule has 0 radical (unpaired) electrons. The maximum atomic E-state index is 12.9. The van der Waals surface area contributed by atoms with Gasteiger partial charge in [0.2, 0.25) is 5.96 Å². The molecule has 0 spiro atoms. The fraction of sp³-hybridized carbons (Fsp3) is 0.480. The van der Waals surface area contributed by atoms with Gasteiger partial charge < -0.3 is 15.0 Å². The lowest BCUT2D eigenvalue weighted by atomic mass is 10.1. The third-order valence-corrected chi connectivity index (χ3v) is 6.58. The van der Waals surface area contributed by atoms with E-state index in [1.165, 1.54) is 24.4 Å². The molecule has 3 heterocycles. The zero-order valence-electron chi connectivity index (χ0n) is 21.7. The number of fused-ring (bicyclic) bond motifs is 1. The molecule has 1 fully saturated rings. The normalized spacial score (nSPS) is 17.6. The number of rotatable bonds is 8. The van der Waals surface area contributed by atoms with Gasteiger partial charge in [0.1, 0.15) is 5.75 Å². The Morgan fingerprint density at radius 1 is 1.15 bits per heavy atom. The zero-order valence-corrected chi connectivity index (χ0v) is 21.7. The van der Waals surface area contributed by atoms with Gasteiger partial charge in [-0.15, -0.1) is 13.2 Å². The molecule has 0 saturated carbocycles. The van der Waals surface area contributed by atoms with Gasteiger partial charge in [0.15, 0.2) is 0 Å². The predicted octanol–water partition coefficient (Wildman–Crippen LogP) is 1.96. The standard InChI is InChI=1S/C25H32F3N9O2/c1-18(15-30-24(29-2)31-16-19-4-3-5-20(14-19)39-25(26,27)28)23(38)37-12-10-35(11-13-37)8-9-36-7-6-21-22(17-36)33-34-32-21/h3-5,14-15H,2,6-13,16-17H2,1H3,(H,30,31)(H,32,33,34)/b18-15+. The van der Waals surface area contributed by atoms with Crippen LogP contribution >= 0.6 is 0 Å². The summed E-state index contributed by atoms with van der Waals surface area (Å²) in [5.74, 6) is -0.268. The number of benzene rings is 1. The Kier molecular flexibility index (Phi) is 9.30. The molecule has 210 valence electrons. The first kappa shape index (κ1) is 28.2. The van der Waals surface area contributed by atoms with Crippen LogP contribution in [0, 0.1) is 0 Å². The maximum absolute atomic E-state index is 12.9. The molecule has 0 bridgehead atoms. The van der Waals surface area contributed by atoms with Gasteiger partial charge in [-0.25, -0.2) is 9.98 Å². The number of amides is 1. The Labute approximate surface area is 224 Å². The van der Waals surface area contributed by atoms with Gasteiger partial charge in [-0.1, -0.05) is 12.1 Å². The van der Waals surface area contributed by atoms with E-state index in [0.29, 0.717) is 24.2 Å². The van der Waals surface area contributed by atoms with Crippen molar-refractivity contribution in [3.05, 3.63) is 53.0 Å². The van der Waals surface area contributed by atoms with Gasteiger partial charge in [0.25, 0.3) is 5.91 Å². The number of aromatic amines is 1. The average Bonchev–Trinajstić information content (AvgIpc) is 3.39. The number of aromatic nitrogens is 3. The molecule has 0 atom stereocenters. The lowest BCUT2D eigenvalue weighted by Crippen LogP contribution is -2.50. The fourth-order valence-corrected chi connectivity index (χ4v) is 4.44. The molecule has 11 nitrogen and oxygen atoms in total. The van der Waals surface area contributed by atoms with Gasteiger partial charge in [-0.05, 0) is 31.3 Å². The van der Waals surface area contributed by atoms with Crippen LogP contribution in [-0.2, 0) is 24.3 Å². The number of alkyl halides is 3. The van der Waals surface area contributed by atoms with Crippen molar-refractivity contribution in [2.24, 2.45) is 9.98 Å². The third-order valence-electron chi connectivity index (χ3n) is 6.58. The minimum atomic E-state index is -4.77. The number of H-pyrrole nitrogens is 1. The Hall–Kier alpha value is -3.78. The Bertz CT molecular complexity index is 1200. The molecule has 0 aliphatic carbocycles. The first-order valence-corrected chi connectivity index (χ1v) is 12.6. The van der Waals surface area contributed by atoms with Crippen LogP contribution in [-0.4, -0.2) is 101 Å². The van der Waals surface area contributed by atoms with Crippen molar-refractivity contribution in [1.82, 2.24) is 35.4 Å². The fourth-order valence-electron chi connectivity index (χ4n) is 4.44. The Morgan fingerprint density at radius 3 is 2.64 bits per heavy atom. The van der Waals surface area contributed by atoms with Crippen LogP contribution < -0.4 is 10.1 Å². The minimum absolute atomic E-state index is 0.0520. The van der Waals surface area contributed by atoms with Gasteiger partial charge in [-0.3, -0.25) is 14.6 Å². The summed E-state index contributed by atoms with van der Waals surface area (Å²) in [6, 6.07) is 5.53. The highest BCUT2D eigenvalue weighted by atomic mass is 19.4.